The summed E-state index contributed by atoms with van der Waals surface area (Å²) < 4.78 is 0. The predicted molar refractivity (Wildman–Crippen MR) is 66.5 cm³/mol. The maximum absolute atomic E-state index is 12.1. The van der Waals surface area contributed by atoms with E-state index in [4.69, 9.17) is 0 Å². The van der Waals surface area contributed by atoms with Gasteiger partial charge in [-0.25, -0.2) is 0 Å². The van der Waals surface area contributed by atoms with Crippen molar-refractivity contribution in [2.45, 2.75) is 32.9 Å². The minimum atomic E-state index is -1.17. The molecule has 0 aliphatic carbocycles. The van der Waals surface area contributed by atoms with Gasteiger partial charge >= 0.3 is 0 Å². The standard InChI is InChI=1S/C14H19NO2/c1-13(2,3)9-14(17)11-8-6-5-7-10(11)12(16)15(14)4/h5-8,17H,9H2,1-4H3. The van der Waals surface area contributed by atoms with Crippen LogP contribution in [0, 0.1) is 5.41 Å². The van der Waals surface area contributed by atoms with E-state index in [-0.39, 0.29) is 11.3 Å². The van der Waals surface area contributed by atoms with Crippen LogP contribution in [0.15, 0.2) is 24.3 Å². The fourth-order valence-corrected chi connectivity index (χ4v) is 2.50. The number of benzene rings is 1. The Morgan fingerprint density at radius 2 is 1.88 bits per heavy atom. The lowest BCUT2D eigenvalue weighted by molar-refractivity contribution is -0.0978. The van der Waals surface area contributed by atoms with Gasteiger partial charge in [-0.15, -0.1) is 0 Å². The molecule has 0 radical (unpaired) electrons. The summed E-state index contributed by atoms with van der Waals surface area (Å²) in [4.78, 5) is 13.5. The van der Waals surface area contributed by atoms with E-state index >= 15 is 0 Å². The van der Waals surface area contributed by atoms with E-state index in [0.717, 1.165) is 5.56 Å². The average Bonchev–Trinajstić information content (AvgIpc) is 2.40. The largest absolute Gasteiger partial charge is 0.367 e. The van der Waals surface area contributed by atoms with E-state index in [0.29, 0.717) is 12.0 Å². The first-order chi connectivity index (χ1) is 7.76. The predicted octanol–water partition coefficient (Wildman–Crippen LogP) is 2.35. The third-order valence-electron chi connectivity index (χ3n) is 3.23. The average molecular weight is 233 g/mol. The highest BCUT2D eigenvalue weighted by molar-refractivity contribution is 5.99. The van der Waals surface area contributed by atoms with Gasteiger partial charge in [0.15, 0.2) is 5.72 Å². The number of carbonyl (C=O) groups is 1. The van der Waals surface area contributed by atoms with Gasteiger partial charge in [0.2, 0.25) is 0 Å². The van der Waals surface area contributed by atoms with Crippen molar-refractivity contribution < 1.29 is 9.90 Å². The van der Waals surface area contributed by atoms with Gasteiger partial charge in [-0.3, -0.25) is 4.79 Å². The highest BCUT2D eigenvalue weighted by atomic mass is 16.3. The van der Waals surface area contributed by atoms with E-state index in [1.54, 1.807) is 13.1 Å². The van der Waals surface area contributed by atoms with Gasteiger partial charge in [-0.1, -0.05) is 39.0 Å². The fraction of sp³-hybridized carbons (Fsp3) is 0.500. The highest BCUT2D eigenvalue weighted by Gasteiger charge is 2.47. The Morgan fingerprint density at radius 1 is 1.29 bits per heavy atom. The van der Waals surface area contributed by atoms with Crippen molar-refractivity contribution in [3.8, 4) is 0 Å². The van der Waals surface area contributed by atoms with Gasteiger partial charge in [-0.2, -0.15) is 0 Å². The van der Waals surface area contributed by atoms with E-state index in [1.165, 1.54) is 4.90 Å². The summed E-state index contributed by atoms with van der Waals surface area (Å²) in [5.74, 6) is -0.104. The minimum absolute atomic E-state index is 0.0548. The van der Waals surface area contributed by atoms with Crippen LogP contribution >= 0.6 is 0 Å². The summed E-state index contributed by atoms with van der Waals surface area (Å²) in [7, 11) is 1.66. The number of amides is 1. The molecule has 17 heavy (non-hydrogen) atoms. The molecule has 1 aliphatic heterocycles. The monoisotopic (exact) mass is 233 g/mol. The Bertz CT molecular complexity index is 462. The summed E-state index contributed by atoms with van der Waals surface area (Å²) in [6, 6.07) is 7.30. The molecule has 2 rings (SSSR count). The molecule has 1 unspecified atom stereocenters. The molecule has 1 aromatic carbocycles. The van der Waals surface area contributed by atoms with Crippen molar-refractivity contribution in [3.05, 3.63) is 35.4 Å². The molecular weight excluding hydrogens is 214 g/mol. The van der Waals surface area contributed by atoms with Gasteiger partial charge in [0.1, 0.15) is 0 Å². The number of aliphatic hydroxyl groups is 1. The smallest absolute Gasteiger partial charge is 0.256 e. The molecule has 1 atom stereocenters. The minimum Gasteiger partial charge on any atom is -0.367 e. The Morgan fingerprint density at radius 3 is 2.47 bits per heavy atom. The quantitative estimate of drug-likeness (QED) is 0.809. The van der Waals surface area contributed by atoms with Crippen LogP contribution in [0.5, 0.6) is 0 Å². The maximum atomic E-state index is 12.1. The van der Waals surface area contributed by atoms with Crippen LogP contribution in [0.4, 0.5) is 0 Å². The van der Waals surface area contributed by atoms with Crippen molar-refractivity contribution in [3.63, 3.8) is 0 Å². The van der Waals surface area contributed by atoms with Crippen molar-refractivity contribution >= 4 is 5.91 Å². The Balaban J connectivity index is 2.52. The molecule has 1 aromatic rings. The molecule has 3 nitrogen and oxygen atoms in total. The molecular formula is C14H19NO2. The molecule has 92 valence electrons. The Labute approximate surface area is 102 Å². The second-order valence-electron chi connectivity index (χ2n) is 5.96. The summed E-state index contributed by atoms with van der Waals surface area (Å²) in [5, 5.41) is 10.8. The number of rotatable bonds is 1. The molecule has 0 spiro atoms. The number of fused-ring (bicyclic) bond motifs is 1. The maximum Gasteiger partial charge on any atom is 0.256 e. The normalized spacial score (nSPS) is 24.1. The molecule has 0 saturated heterocycles. The molecule has 1 aliphatic rings. The van der Waals surface area contributed by atoms with Gasteiger partial charge in [0, 0.05) is 24.6 Å². The molecule has 1 heterocycles. The van der Waals surface area contributed by atoms with Gasteiger partial charge in [0.05, 0.1) is 0 Å². The lowest BCUT2D eigenvalue weighted by Crippen LogP contribution is -2.43. The van der Waals surface area contributed by atoms with E-state index < -0.39 is 5.72 Å². The molecule has 0 aromatic heterocycles. The molecule has 1 N–H and O–H groups in total. The molecule has 0 bridgehead atoms. The number of carbonyl (C=O) groups excluding carboxylic acids is 1. The van der Waals surface area contributed by atoms with Crippen molar-refractivity contribution in [1.29, 1.82) is 0 Å². The zero-order chi connectivity index (χ0) is 12.8. The van der Waals surface area contributed by atoms with Crippen LogP contribution in [0.25, 0.3) is 0 Å². The van der Waals surface area contributed by atoms with Crippen LogP contribution in [-0.4, -0.2) is 23.0 Å². The van der Waals surface area contributed by atoms with E-state index in [2.05, 4.69) is 20.8 Å². The molecule has 3 heteroatoms. The summed E-state index contributed by atoms with van der Waals surface area (Å²) >= 11 is 0. The van der Waals surface area contributed by atoms with Crippen molar-refractivity contribution in [2.24, 2.45) is 5.41 Å². The number of nitrogens with zero attached hydrogens (tertiary/aromatic N) is 1. The first kappa shape index (κ1) is 12.1. The van der Waals surface area contributed by atoms with Crippen LogP contribution in [0.3, 0.4) is 0 Å². The van der Waals surface area contributed by atoms with Gasteiger partial charge in [0.25, 0.3) is 5.91 Å². The summed E-state index contributed by atoms with van der Waals surface area (Å²) in [5.41, 5.74) is 0.108. The summed E-state index contributed by atoms with van der Waals surface area (Å²) in [6.45, 7) is 6.18. The summed E-state index contributed by atoms with van der Waals surface area (Å²) in [6.07, 6.45) is 0.527. The van der Waals surface area contributed by atoms with Crippen LogP contribution in [0.2, 0.25) is 0 Å². The number of hydrogen-bond acceptors (Lipinski definition) is 2. The second-order valence-corrected chi connectivity index (χ2v) is 5.96. The van der Waals surface area contributed by atoms with Crippen LogP contribution in [-0.2, 0) is 5.72 Å². The lowest BCUT2D eigenvalue weighted by atomic mass is 9.83. The highest BCUT2D eigenvalue weighted by Crippen LogP contribution is 2.43. The number of hydrogen-bond donors (Lipinski definition) is 1. The van der Waals surface area contributed by atoms with Gasteiger partial charge in [-0.05, 0) is 11.5 Å². The second kappa shape index (κ2) is 3.57. The topological polar surface area (TPSA) is 40.5 Å². The van der Waals surface area contributed by atoms with E-state index in [1.807, 2.05) is 18.2 Å². The zero-order valence-corrected chi connectivity index (χ0v) is 10.8. The van der Waals surface area contributed by atoms with Crippen molar-refractivity contribution in [2.75, 3.05) is 7.05 Å². The molecule has 1 amide bonds. The Kier molecular flexibility index (Phi) is 2.54. The lowest BCUT2D eigenvalue weighted by Gasteiger charge is -2.36. The van der Waals surface area contributed by atoms with Crippen molar-refractivity contribution in [1.82, 2.24) is 4.90 Å². The molecule has 0 saturated carbocycles. The third-order valence-corrected chi connectivity index (χ3v) is 3.23. The zero-order valence-electron chi connectivity index (χ0n) is 10.8. The van der Waals surface area contributed by atoms with E-state index in [9.17, 15) is 9.90 Å². The first-order valence-electron chi connectivity index (χ1n) is 5.86. The van der Waals surface area contributed by atoms with Crippen LogP contribution in [0.1, 0.15) is 43.1 Å². The SMILES string of the molecule is CN1C(=O)c2ccccc2C1(O)CC(C)(C)C. The van der Waals surface area contributed by atoms with Crippen LogP contribution < -0.4 is 0 Å². The fourth-order valence-electron chi connectivity index (χ4n) is 2.50. The van der Waals surface area contributed by atoms with Gasteiger partial charge < -0.3 is 10.0 Å². The Hall–Kier alpha value is -1.35. The first-order valence-corrected chi connectivity index (χ1v) is 5.86. The molecule has 0 fully saturated rings. The third kappa shape index (κ3) is 1.84.